The van der Waals surface area contributed by atoms with E-state index in [1.54, 1.807) is 11.8 Å². The molecule has 0 atom stereocenters. The van der Waals surface area contributed by atoms with E-state index in [0.717, 1.165) is 30.8 Å². The van der Waals surface area contributed by atoms with Crippen LogP contribution in [-0.2, 0) is 0 Å². The summed E-state index contributed by atoms with van der Waals surface area (Å²) in [5, 5.41) is 0. The zero-order chi connectivity index (χ0) is 7.07. The summed E-state index contributed by atoms with van der Waals surface area (Å²) in [5.74, 6) is 14.3. The molecule has 1 aliphatic rings. The van der Waals surface area contributed by atoms with Gasteiger partial charge in [-0.25, -0.2) is 0 Å². The molecule has 0 nitrogen and oxygen atoms in total. The third-order valence-electron chi connectivity index (χ3n) is 1.20. The lowest BCUT2D eigenvalue weighted by Gasteiger charge is -1.89. The lowest BCUT2D eigenvalue weighted by atomic mass is 10.2. The van der Waals surface area contributed by atoms with E-state index in [1.165, 1.54) is 0 Å². The molecule has 10 heavy (non-hydrogen) atoms. The number of thioether (sulfide) groups is 1. The first-order chi connectivity index (χ1) is 5.00. The molecule has 0 unspecified atom stereocenters. The van der Waals surface area contributed by atoms with Crippen molar-refractivity contribution in [3.05, 3.63) is 0 Å². The lowest BCUT2D eigenvalue weighted by Crippen LogP contribution is -1.79. The standard InChI is InChI=1S/C9H10S/c1-2-4-6-8-10-9-7-5-3-1/h1-3,8-9H2. The van der Waals surface area contributed by atoms with Gasteiger partial charge < -0.3 is 0 Å². The third kappa shape index (κ3) is 3.49. The molecule has 0 aromatic heterocycles. The molecule has 0 aliphatic carbocycles. The summed E-state index contributed by atoms with van der Waals surface area (Å²) in [4.78, 5) is 0. The second kappa shape index (κ2) is 5.27. The van der Waals surface area contributed by atoms with Gasteiger partial charge in [-0.05, 0) is 6.42 Å². The molecule has 0 saturated carbocycles. The van der Waals surface area contributed by atoms with Crippen molar-refractivity contribution in [1.82, 2.24) is 0 Å². The van der Waals surface area contributed by atoms with Crippen molar-refractivity contribution in [2.45, 2.75) is 19.3 Å². The fourth-order valence-corrected chi connectivity index (χ4v) is 1.21. The predicted octanol–water partition coefficient (Wildman–Crippen LogP) is 1.91. The normalized spacial score (nSPS) is 17.6. The molecule has 0 N–H and O–H groups in total. The van der Waals surface area contributed by atoms with E-state index in [0.29, 0.717) is 0 Å². The van der Waals surface area contributed by atoms with Gasteiger partial charge in [-0.1, -0.05) is 11.8 Å². The van der Waals surface area contributed by atoms with E-state index in [1.807, 2.05) is 0 Å². The van der Waals surface area contributed by atoms with Gasteiger partial charge in [0.1, 0.15) is 0 Å². The summed E-state index contributed by atoms with van der Waals surface area (Å²) >= 11 is 1.80. The van der Waals surface area contributed by atoms with Crippen molar-refractivity contribution in [1.29, 1.82) is 0 Å². The fraction of sp³-hybridized carbons (Fsp3) is 0.556. The Bertz CT molecular complexity index is 156. The highest BCUT2D eigenvalue weighted by Crippen LogP contribution is 1.99. The molecule has 0 aromatic rings. The minimum atomic E-state index is 0.953. The van der Waals surface area contributed by atoms with Gasteiger partial charge in [-0.2, -0.15) is 0 Å². The van der Waals surface area contributed by atoms with E-state index in [4.69, 9.17) is 0 Å². The molecule has 1 heteroatoms. The van der Waals surface area contributed by atoms with Crippen LogP contribution in [0.2, 0.25) is 0 Å². The van der Waals surface area contributed by atoms with Crippen LogP contribution in [0.15, 0.2) is 0 Å². The third-order valence-corrected chi connectivity index (χ3v) is 1.90. The van der Waals surface area contributed by atoms with Crippen LogP contribution in [0.5, 0.6) is 0 Å². The number of hydrogen-bond acceptors (Lipinski definition) is 1. The summed E-state index contributed by atoms with van der Waals surface area (Å²) in [6, 6.07) is 0. The molecule has 0 saturated heterocycles. The zero-order valence-electron chi connectivity index (χ0n) is 5.94. The smallest absolute Gasteiger partial charge is 0.0557 e. The maximum atomic E-state index is 3.12. The summed E-state index contributed by atoms with van der Waals surface area (Å²) in [6.07, 6.45) is 3.19. The Morgan fingerprint density at radius 3 is 2.00 bits per heavy atom. The van der Waals surface area contributed by atoms with Gasteiger partial charge in [-0.15, -0.1) is 23.6 Å². The highest BCUT2D eigenvalue weighted by molar-refractivity contribution is 7.99. The molecule has 1 heterocycles. The average Bonchev–Trinajstić information content (AvgIpc) is 2.01. The van der Waals surface area contributed by atoms with Gasteiger partial charge in [0.25, 0.3) is 0 Å². The summed E-state index contributed by atoms with van der Waals surface area (Å²) < 4.78 is 0. The van der Waals surface area contributed by atoms with E-state index in [9.17, 15) is 0 Å². The SMILES string of the molecule is C1#CCSCC#CCCC1. The predicted molar refractivity (Wildman–Crippen MR) is 46.7 cm³/mol. The molecule has 0 spiro atoms. The molecule has 0 amide bonds. The topological polar surface area (TPSA) is 0 Å². The maximum Gasteiger partial charge on any atom is 0.0557 e. The highest BCUT2D eigenvalue weighted by Gasteiger charge is 1.83. The lowest BCUT2D eigenvalue weighted by molar-refractivity contribution is 0.903. The van der Waals surface area contributed by atoms with Crippen LogP contribution < -0.4 is 0 Å². The van der Waals surface area contributed by atoms with Gasteiger partial charge in [0.15, 0.2) is 0 Å². The number of hydrogen-bond donors (Lipinski definition) is 0. The van der Waals surface area contributed by atoms with Crippen LogP contribution in [0, 0.1) is 23.7 Å². The summed E-state index contributed by atoms with van der Waals surface area (Å²) in [5.41, 5.74) is 0. The fourth-order valence-electron chi connectivity index (χ4n) is 0.697. The molecular formula is C9H10S. The molecule has 0 bridgehead atoms. The Balaban J connectivity index is 2.31. The van der Waals surface area contributed by atoms with Gasteiger partial charge in [0.05, 0.1) is 11.5 Å². The largest absolute Gasteiger partial charge is 0.136 e. The van der Waals surface area contributed by atoms with Crippen molar-refractivity contribution in [3.63, 3.8) is 0 Å². The van der Waals surface area contributed by atoms with Gasteiger partial charge in [0, 0.05) is 12.8 Å². The Morgan fingerprint density at radius 1 is 0.800 bits per heavy atom. The van der Waals surface area contributed by atoms with Crippen LogP contribution in [0.4, 0.5) is 0 Å². The van der Waals surface area contributed by atoms with Crippen molar-refractivity contribution < 1.29 is 0 Å². The summed E-state index contributed by atoms with van der Waals surface area (Å²) in [6.45, 7) is 0. The van der Waals surface area contributed by atoms with Gasteiger partial charge in [-0.3, -0.25) is 0 Å². The molecule has 0 fully saturated rings. The molecule has 0 radical (unpaired) electrons. The van der Waals surface area contributed by atoms with E-state index in [-0.39, 0.29) is 0 Å². The first kappa shape index (κ1) is 7.58. The van der Waals surface area contributed by atoms with Crippen molar-refractivity contribution in [2.75, 3.05) is 11.5 Å². The van der Waals surface area contributed by atoms with E-state index in [2.05, 4.69) is 23.7 Å². The van der Waals surface area contributed by atoms with Crippen LogP contribution in [0.1, 0.15) is 19.3 Å². The maximum absolute atomic E-state index is 3.12. The van der Waals surface area contributed by atoms with Gasteiger partial charge in [0.2, 0.25) is 0 Å². The van der Waals surface area contributed by atoms with Crippen molar-refractivity contribution in [2.24, 2.45) is 0 Å². The minimum Gasteiger partial charge on any atom is -0.136 e. The first-order valence-corrected chi connectivity index (χ1v) is 4.65. The Hall–Kier alpha value is -0.530. The minimum absolute atomic E-state index is 0.953. The Morgan fingerprint density at radius 2 is 1.40 bits per heavy atom. The van der Waals surface area contributed by atoms with E-state index < -0.39 is 0 Å². The van der Waals surface area contributed by atoms with Crippen molar-refractivity contribution in [3.8, 4) is 23.7 Å². The molecule has 1 rings (SSSR count). The van der Waals surface area contributed by atoms with Crippen LogP contribution in [0.25, 0.3) is 0 Å². The second-order valence-electron chi connectivity index (χ2n) is 2.05. The number of rotatable bonds is 0. The quantitative estimate of drug-likeness (QED) is 0.475. The second-order valence-corrected chi connectivity index (χ2v) is 3.04. The Kier molecular flexibility index (Phi) is 3.99. The zero-order valence-corrected chi connectivity index (χ0v) is 6.76. The Labute approximate surface area is 66.8 Å². The van der Waals surface area contributed by atoms with Crippen LogP contribution in [-0.4, -0.2) is 11.5 Å². The molecule has 0 aromatic carbocycles. The molecular weight excluding hydrogens is 140 g/mol. The van der Waals surface area contributed by atoms with Crippen molar-refractivity contribution >= 4 is 11.8 Å². The monoisotopic (exact) mass is 150 g/mol. The first-order valence-electron chi connectivity index (χ1n) is 3.49. The molecule has 52 valence electrons. The van der Waals surface area contributed by atoms with Gasteiger partial charge >= 0.3 is 0 Å². The van der Waals surface area contributed by atoms with E-state index >= 15 is 0 Å². The molecule has 1 aliphatic heterocycles. The average molecular weight is 150 g/mol. The van der Waals surface area contributed by atoms with Crippen LogP contribution in [0.3, 0.4) is 0 Å². The summed E-state index contributed by atoms with van der Waals surface area (Å²) in [7, 11) is 0. The highest BCUT2D eigenvalue weighted by atomic mass is 32.2. The van der Waals surface area contributed by atoms with Crippen LogP contribution >= 0.6 is 11.8 Å².